The third kappa shape index (κ3) is 3.16. The molecule has 0 radical (unpaired) electrons. The first-order valence-electron chi connectivity index (χ1n) is 9.83. The molecule has 0 spiro atoms. The van der Waals surface area contributed by atoms with E-state index >= 15 is 0 Å². The van der Waals surface area contributed by atoms with Crippen LogP contribution in [0, 0.1) is 0 Å². The molecule has 0 unspecified atom stereocenters. The highest BCUT2D eigenvalue weighted by Gasteiger charge is 2.21. The van der Waals surface area contributed by atoms with Crippen LogP contribution in [0.25, 0.3) is 11.1 Å². The molecule has 0 atom stereocenters. The molecule has 150 valence electrons. The van der Waals surface area contributed by atoms with Crippen LogP contribution in [-0.2, 0) is 6.42 Å². The molecule has 3 aromatic carbocycles. The smallest absolute Gasteiger partial charge is 0.411 e. The number of carboxylic acid groups (broad SMARTS) is 1. The van der Waals surface area contributed by atoms with E-state index in [4.69, 9.17) is 9.47 Å². The summed E-state index contributed by atoms with van der Waals surface area (Å²) in [5, 5.41) is 9.38. The second-order valence-corrected chi connectivity index (χ2v) is 7.26. The lowest BCUT2D eigenvalue weighted by molar-refractivity contribution is 0.174. The maximum atomic E-state index is 11.4. The van der Waals surface area contributed by atoms with Gasteiger partial charge in [0, 0.05) is 18.4 Å². The Bertz CT molecular complexity index is 1190. The maximum Gasteiger partial charge on any atom is 0.411 e. The highest BCUT2D eigenvalue weighted by molar-refractivity contribution is 5.88. The molecule has 2 aliphatic rings. The Labute approximate surface area is 174 Å². The number of benzene rings is 3. The molecule has 0 fully saturated rings. The van der Waals surface area contributed by atoms with Gasteiger partial charge in [0.25, 0.3) is 0 Å². The summed E-state index contributed by atoms with van der Waals surface area (Å²) in [5.41, 5.74) is 7.19. The standard InChI is InChI=1S/C24H20N2O4/c1-2-26(24(27)28)19-5-7-21-17(12-19)10-16-11-18(4-6-20(16)21)25-13-15-3-8-22-23(9-15)30-14-29-22/h3-9,11-13H,2,10,14H2,1H3,(H,27,28). The monoisotopic (exact) mass is 400 g/mol. The van der Waals surface area contributed by atoms with Crippen molar-refractivity contribution < 1.29 is 19.4 Å². The summed E-state index contributed by atoms with van der Waals surface area (Å²) in [4.78, 5) is 17.4. The fourth-order valence-electron chi connectivity index (χ4n) is 4.00. The van der Waals surface area contributed by atoms with Crippen molar-refractivity contribution in [1.82, 2.24) is 0 Å². The highest BCUT2D eigenvalue weighted by Crippen LogP contribution is 2.40. The van der Waals surface area contributed by atoms with Crippen molar-refractivity contribution in [3.8, 4) is 22.6 Å². The normalized spacial score (nSPS) is 13.4. The first-order chi connectivity index (χ1) is 14.6. The van der Waals surface area contributed by atoms with E-state index in [2.05, 4.69) is 17.1 Å². The number of hydrogen-bond acceptors (Lipinski definition) is 4. The Morgan fingerprint density at radius 1 is 1.03 bits per heavy atom. The molecule has 1 aliphatic carbocycles. The van der Waals surface area contributed by atoms with Gasteiger partial charge in [-0.2, -0.15) is 0 Å². The van der Waals surface area contributed by atoms with Crippen LogP contribution in [0.2, 0.25) is 0 Å². The zero-order valence-electron chi connectivity index (χ0n) is 16.5. The third-order valence-electron chi connectivity index (χ3n) is 5.47. The molecule has 3 aromatic rings. The Hall–Kier alpha value is -3.80. The lowest BCUT2D eigenvalue weighted by Crippen LogP contribution is -2.28. The first-order valence-corrected chi connectivity index (χ1v) is 9.83. The Kier molecular flexibility index (Phi) is 4.39. The largest absolute Gasteiger partial charge is 0.465 e. The summed E-state index contributed by atoms with van der Waals surface area (Å²) in [6.45, 7) is 2.51. The summed E-state index contributed by atoms with van der Waals surface area (Å²) in [6, 6.07) is 17.8. The molecule has 1 heterocycles. The lowest BCUT2D eigenvalue weighted by Gasteiger charge is -2.18. The quantitative estimate of drug-likeness (QED) is 0.476. The minimum Gasteiger partial charge on any atom is -0.465 e. The Balaban J connectivity index is 1.39. The van der Waals surface area contributed by atoms with Crippen LogP contribution in [0.1, 0.15) is 23.6 Å². The molecule has 6 nitrogen and oxygen atoms in total. The number of nitrogens with zero attached hydrogens (tertiary/aromatic N) is 2. The topological polar surface area (TPSA) is 71.4 Å². The summed E-state index contributed by atoms with van der Waals surface area (Å²) in [7, 11) is 0. The second-order valence-electron chi connectivity index (χ2n) is 7.26. The highest BCUT2D eigenvalue weighted by atomic mass is 16.7. The maximum absolute atomic E-state index is 11.4. The second kappa shape index (κ2) is 7.22. The van der Waals surface area contributed by atoms with E-state index in [1.807, 2.05) is 55.6 Å². The Morgan fingerprint density at radius 2 is 1.80 bits per heavy atom. The Morgan fingerprint density at radius 3 is 2.60 bits per heavy atom. The van der Waals surface area contributed by atoms with Crippen LogP contribution in [0.3, 0.4) is 0 Å². The SMILES string of the molecule is CCN(C(=O)O)c1ccc2c(c1)Cc1cc(N=Cc3ccc4c(c3)OCO4)ccc1-2. The van der Waals surface area contributed by atoms with Crippen molar-refractivity contribution in [3.63, 3.8) is 0 Å². The molecule has 1 N–H and O–H groups in total. The number of rotatable bonds is 4. The molecular formula is C24H20N2O4. The molecule has 5 rings (SSSR count). The van der Waals surface area contributed by atoms with Gasteiger partial charge in [0.2, 0.25) is 6.79 Å². The average Bonchev–Trinajstić information content (AvgIpc) is 3.35. The first kappa shape index (κ1) is 18.2. The minimum atomic E-state index is -0.937. The van der Waals surface area contributed by atoms with Crippen molar-refractivity contribution in [2.24, 2.45) is 4.99 Å². The third-order valence-corrected chi connectivity index (χ3v) is 5.47. The van der Waals surface area contributed by atoms with Gasteiger partial charge in [-0.25, -0.2) is 4.79 Å². The van der Waals surface area contributed by atoms with E-state index in [-0.39, 0.29) is 6.79 Å². The van der Waals surface area contributed by atoms with Crippen molar-refractivity contribution in [1.29, 1.82) is 0 Å². The van der Waals surface area contributed by atoms with E-state index < -0.39 is 6.09 Å². The average molecular weight is 400 g/mol. The van der Waals surface area contributed by atoms with Crippen LogP contribution in [0.15, 0.2) is 59.6 Å². The van der Waals surface area contributed by atoms with E-state index in [9.17, 15) is 9.90 Å². The summed E-state index contributed by atoms with van der Waals surface area (Å²) >= 11 is 0. The number of anilines is 1. The molecule has 0 aromatic heterocycles. The van der Waals surface area contributed by atoms with Gasteiger partial charge < -0.3 is 14.6 Å². The fourth-order valence-corrected chi connectivity index (χ4v) is 4.00. The van der Waals surface area contributed by atoms with Crippen LogP contribution < -0.4 is 14.4 Å². The predicted octanol–water partition coefficient (Wildman–Crippen LogP) is 5.24. The number of carbonyl (C=O) groups is 1. The van der Waals surface area contributed by atoms with Gasteiger partial charge in [0.15, 0.2) is 11.5 Å². The van der Waals surface area contributed by atoms with Gasteiger partial charge in [-0.05, 0) is 83.6 Å². The number of fused-ring (bicyclic) bond motifs is 4. The van der Waals surface area contributed by atoms with Gasteiger partial charge in [0.1, 0.15) is 0 Å². The fraction of sp³-hybridized carbons (Fsp3) is 0.167. The summed E-state index contributed by atoms with van der Waals surface area (Å²) < 4.78 is 10.8. The number of aliphatic imine (C=N–C) groups is 1. The molecule has 6 heteroatoms. The van der Waals surface area contributed by atoms with E-state index in [1.165, 1.54) is 16.0 Å². The zero-order chi connectivity index (χ0) is 20.7. The van der Waals surface area contributed by atoms with Gasteiger partial charge >= 0.3 is 6.09 Å². The molecule has 1 aliphatic heterocycles. The van der Waals surface area contributed by atoms with Gasteiger partial charge in [-0.3, -0.25) is 9.89 Å². The molecule has 0 bridgehead atoms. The molecule has 0 saturated heterocycles. The van der Waals surface area contributed by atoms with Crippen LogP contribution in [0.4, 0.5) is 16.2 Å². The summed E-state index contributed by atoms with van der Waals surface area (Å²) in [6.07, 6.45) is 1.65. The molecular weight excluding hydrogens is 380 g/mol. The lowest BCUT2D eigenvalue weighted by atomic mass is 10.0. The number of ether oxygens (including phenoxy) is 2. The van der Waals surface area contributed by atoms with E-state index in [0.717, 1.165) is 40.3 Å². The van der Waals surface area contributed by atoms with Crippen molar-refractivity contribution in [2.75, 3.05) is 18.2 Å². The van der Waals surface area contributed by atoms with Gasteiger partial charge in [0.05, 0.1) is 5.69 Å². The molecule has 30 heavy (non-hydrogen) atoms. The predicted molar refractivity (Wildman–Crippen MR) is 116 cm³/mol. The van der Waals surface area contributed by atoms with Crippen molar-refractivity contribution in [3.05, 3.63) is 71.3 Å². The van der Waals surface area contributed by atoms with Crippen molar-refractivity contribution in [2.45, 2.75) is 13.3 Å². The number of amides is 1. The van der Waals surface area contributed by atoms with E-state index in [1.54, 1.807) is 0 Å². The van der Waals surface area contributed by atoms with Crippen LogP contribution in [0.5, 0.6) is 11.5 Å². The van der Waals surface area contributed by atoms with E-state index in [0.29, 0.717) is 12.2 Å². The minimum absolute atomic E-state index is 0.255. The molecule has 1 amide bonds. The number of hydrogen-bond donors (Lipinski definition) is 1. The van der Waals surface area contributed by atoms with Crippen LogP contribution >= 0.6 is 0 Å². The zero-order valence-corrected chi connectivity index (χ0v) is 16.5. The van der Waals surface area contributed by atoms with Gasteiger partial charge in [-0.1, -0.05) is 12.1 Å². The van der Waals surface area contributed by atoms with Gasteiger partial charge in [-0.15, -0.1) is 0 Å². The van der Waals surface area contributed by atoms with Crippen LogP contribution in [-0.4, -0.2) is 30.8 Å². The van der Waals surface area contributed by atoms with Crippen molar-refractivity contribution >= 4 is 23.7 Å². The summed E-state index contributed by atoms with van der Waals surface area (Å²) in [5.74, 6) is 1.49. The molecule has 0 saturated carbocycles.